The number of nitrogens with zero attached hydrogens (tertiary/aromatic N) is 1. The summed E-state index contributed by atoms with van der Waals surface area (Å²) in [5.41, 5.74) is 1.06. The van der Waals surface area contributed by atoms with Crippen LogP contribution in [0.3, 0.4) is 0 Å². The van der Waals surface area contributed by atoms with Gasteiger partial charge < -0.3 is 9.84 Å². The fourth-order valence-corrected chi connectivity index (χ4v) is 1.73. The van der Waals surface area contributed by atoms with Crippen LogP contribution in [0.5, 0.6) is 5.75 Å². The Morgan fingerprint density at radius 3 is 2.86 bits per heavy atom. The number of halogens is 1. The van der Waals surface area contributed by atoms with E-state index in [0.717, 1.165) is 28.6 Å². The van der Waals surface area contributed by atoms with E-state index < -0.39 is 0 Å². The lowest BCUT2D eigenvalue weighted by atomic mass is 10.1. The van der Waals surface area contributed by atoms with Crippen LogP contribution in [0.1, 0.15) is 18.9 Å². The van der Waals surface area contributed by atoms with Crippen LogP contribution in [0.2, 0.25) is 0 Å². The molecule has 0 amide bonds. The van der Waals surface area contributed by atoms with Gasteiger partial charge in [-0.15, -0.1) is 0 Å². The first-order valence-electron chi connectivity index (χ1n) is 4.49. The van der Waals surface area contributed by atoms with E-state index in [4.69, 9.17) is 4.74 Å². The zero-order valence-corrected chi connectivity index (χ0v) is 9.91. The summed E-state index contributed by atoms with van der Waals surface area (Å²) < 4.78 is 6.11. The van der Waals surface area contributed by atoms with Crippen molar-refractivity contribution in [1.82, 2.24) is 4.98 Å². The number of rotatable bonds is 4. The normalized spacial score (nSPS) is 12.6. The standard InChI is InChI=1S/C10H14BrNO2/c1-7(13)3-4-8-9(11)5-12-6-10(8)14-2/h5-7,13H,3-4H2,1-2H3/t7-/m1/s1. The molecule has 1 aromatic heterocycles. The van der Waals surface area contributed by atoms with Gasteiger partial charge in [-0.05, 0) is 35.7 Å². The summed E-state index contributed by atoms with van der Waals surface area (Å²) in [6.07, 6.45) is 4.63. The Labute approximate surface area is 92.3 Å². The molecule has 0 radical (unpaired) electrons. The summed E-state index contributed by atoms with van der Waals surface area (Å²) >= 11 is 3.41. The summed E-state index contributed by atoms with van der Waals surface area (Å²) in [5.74, 6) is 0.764. The molecule has 1 N–H and O–H groups in total. The van der Waals surface area contributed by atoms with E-state index in [9.17, 15) is 5.11 Å². The average molecular weight is 260 g/mol. The first-order chi connectivity index (χ1) is 6.65. The molecule has 0 aromatic carbocycles. The second-order valence-electron chi connectivity index (χ2n) is 3.19. The van der Waals surface area contributed by atoms with Gasteiger partial charge in [0.25, 0.3) is 0 Å². The SMILES string of the molecule is COc1cncc(Br)c1CC[C@@H](C)O. The molecule has 1 aromatic rings. The van der Waals surface area contributed by atoms with Crippen LogP contribution in [0.4, 0.5) is 0 Å². The van der Waals surface area contributed by atoms with E-state index in [1.54, 1.807) is 26.4 Å². The molecule has 0 aliphatic heterocycles. The third kappa shape index (κ3) is 2.96. The number of methoxy groups -OCH3 is 1. The van der Waals surface area contributed by atoms with Crippen LogP contribution in [0.15, 0.2) is 16.9 Å². The summed E-state index contributed by atoms with van der Waals surface area (Å²) in [4.78, 5) is 4.01. The van der Waals surface area contributed by atoms with Gasteiger partial charge >= 0.3 is 0 Å². The van der Waals surface area contributed by atoms with Gasteiger partial charge in [0, 0.05) is 16.2 Å². The minimum atomic E-state index is -0.292. The number of aliphatic hydroxyl groups excluding tert-OH is 1. The number of pyridine rings is 1. The van der Waals surface area contributed by atoms with E-state index in [0.29, 0.717) is 0 Å². The number of hydrogen-bond acceptors (Lipinski definition) is 3. The zero-order valence-electron chi connectivity index (χ0n) is 8.33. The van der Waals surface area contributed by atoms with Gasteiger partial charge in [0.2, 0.25) is 0 Å². The summed E-state index contributed by atoms with van der Waals surface area (Å²) in [5, 5.41) is 9.20. The minimum Gasteiger partial charge on any atom is -0.495 e. The number of hydrogen-bond donors (Lipinski definition) is 1. The van der Waals surface area contributed by atoms with Crippen molar-refractivity contribution in [3.8, 4) is 5.75 Å². The molecule has 0 saturated carbocycles. The Kier molecular flexibility index (Phi) is 4.35. The number of ether oxygens (including phenoxy) is 1. The van der Waals surface area contributed by atoms with Crippen molar-refractivity contribution in [2.75, 3.05) is 7.11 Å². The molecule has 4 heteroatoms. The largest absolute Gasteiger partial charge is 0.495 e. The second kappa shape index (κ2) is 5.32. The maximum Gasteiger partial charge on any atom is 0.141 e. The molecule has 0 unspecified atom stereocenters. The van der Waals surface area contributed by atoms with Crippen molar-refractivity contribution in [1.29, 1.82) is 0 Å². The molecule has 78 valence electrons. The van der Waals surface area contributed by atoms with Crippen LogP contribution >= 0.6 is 15.9 Å². The van der Waals surface area contributed by atoms with Gasteiger partial charge in [-0.2, -0.15) is 0 Å². The Bertz CT molecular complexity index is 302. The summed E-state index contributed by atoms with van der Waals surface area (Å²) in [6.45, 7) is 1.78. The summed E-state index contributed by atoms with van der Waals surface area (Å²) in [7, 11) is 1.62. The van der Waals surface area contributed by atoms with Crippen molar-refractivity contribution in [2.45, 2.75) is 25.9 Å². The molecule has 3 nitrogen and oxygen atoms in total. The fourth-order valence-electron chi connectivity index (χ4n) is 1.22. The van der Waals surface area contributed by atoms with E-state index in [-0.39, 0.29) is 6.10 Å². The molecule has 0 fully saturated rings. The van der Waals surface area contributed by atoms with Crippen LogP contribution in [-0.2, 0) is 6.42 Å². The number of aromatic nitrogens is 1. The topological polar surface area (TPSA) is 42.4 Å². The van der Waals surface area contributed by atoms with Gasteiger partial charge in [-0.1, -0.05) is 0 Å². The third-order valence-corrected chi connectivity index (χ3v) is 2.68. The number of aliphatic hydroxyl groups is 1. The average Bonchev–Trinajstić information content (AvgIpc) is 2.15. The second-order valence-corrected chi connectivity index (χ2v) is 4.04. The minimum absolute atomic E-state index is 0.292. The molecular formula is C10H14BrNO2. The molecule has 1 atom stereocenters. The highest BCUT2D eigenvalue weighted by molar-refractivity contribution is 9.10. The van der Waals surface area contributed by atoms with E-state index in [1.807, 2.05) is 0 Å². The third-order valence-electron chi connectivity index (χ3n) is 2.00. The quantitative estimate of drug-likeness (QED) is 0.902. The molecule has 0 spiro atoms. The molecule has 0 saturated heterocycles. The van der Waals surface area contributed by atoms with Gasteiger partial charge in [-0.3, -0.25) is 4.98 Å². The van der Waals surface area contributed by atoms with Crippen LogP contribution in [-0.4, -0.2) is 23.3 Å². The maximum atomic E-state index is 9.20. The highest BCUT2D eigenvalue weighted by Gasteiger charge is 2.08. The molecule has 0 aliphatic rings. The zero-order chi connectivity index (χ0) is 10.6. The monoisotopic (exact) mass is 259 g/mol. The van der Waals surface area contributed by atoms with Crippen molar-refractivity contribution >= 4 is 15.9 Å². The van der Waals surface area contributed by atoms with Gasteiger partial charge in [0.05, 0.1) is 19.4 Å². The molecule has 14 heavy (non-hydrogen) atoms. The first kappa shape index (κ1) is 11.5. The first-order valence-corrected chi connectivity index (χ1v) is 5.29. The van der Waals surface area contributed by atoms with Crippen molar-refractivity contribution in [3.63, 3.8) is 0 Å². The Balaban J connectivity index is 2.82. The highest BCUT2D eigenvalue weighted by Crippen LogP contribution is 2.26. The highest BCUT2D eigenvalue weighted by atomic mass is 79.9. The molecular weight excluding hydrogens is 246 g/mol. The Hall–Kier alpha value is -0.610. The Morgan fingerprint density at radius 1 is 1.57 bits per heavy atom. The summed E-state index contributed by atoms with van der Waals surface area (Å²) in [6, 6.07) is 0. The molecule has 1 rings (SSSR count). The van der Waals surface area contributed by atoms with Crippen molar-refractivity contribution in [2.24, 2.45) is 0 Å². The van der Waals surface area contributed by atoms with Crippen molar-refractivity contribution < 1.29 is 9.84 Å². The van der Waals surface area contributed by atoms with Gasteiger partial charge in [0.1, 0.15) is 5.75 Å². The van der Waals surface area contributed by atoms with Crippen LogP contribution in [0.25, 0.3) is 0 Å². The predicted molar refractivity (Wildman–Crippen MR) is 58.5 cm³/mol. The van der Waals surface area contributed by atoms with E-state index in [1.165, 1.54) is 0 Å². The van der Waals surface area contributed by atoms with Gasteiger partial charge in [-0.25, -0.2) is 0 Å². The van der Waals surface area contributed by atoms with Crippen molar-refractivity contribution in [3.05, 3.63) is 22.4 Å². The molecule has 0 bridgehead atoms. The molecule has 1 heterocycles. The smallest absolute Gasteiger partial charge is 0.141 e. The van der Waals surface area contributed by atoms with Crippen LogP contribution < -0.4 is 4.74 Å². The van der Waals surface area contributed by atoms with E-state index in [2.05, 4.69) is 20.9 Å². The predicted octanol–water partition coefficient (Wildman–Crippen LogP) is 2.17. The maximum absolute atomic E-state index is 9.20. The van der Waals surface area contributed by atoms with E-state index >= 15 is 0 Å². The Morgan fingerprint density at radius 2 is 2.29 bits per heavy atom. The van der Waals surface area contributed by atoms with Crippen LogP contribution in [0, 0.1) is 0 Å². The lowest BCUT2D eigenvalue weighted by molar-refractivity contribution is 0.184. The lowest BCUT2D eigenvalue weighted by Gasteiger charge is -2.10. The fraction of sp³-hybridized carbons (Fsp3) is 0.500. The van der Waals surface area contributed by atoms with Gasteiger partial charge in [0.15, 0.2) is 0 Å². The lowest BCUT2D eigenvalue weighted by Crippen LogP contribution is -2.03. The molecule has 0 aliphatic carbocycles.